The number of aromatic nitrogens is 2. The van der Waals surface area contributed by atoms with E-state index in [1.807, 2.05) is 6.07 Å². The number of rotatable bonds is 2. The highest BCUT2D eigenvalue weighted by Crippen LogP contribution is 2.26. The summed E-state index contributed by atoms with van der Waals surface area (Å²) in [6.07, 6.45) is 1.16. The van der Waals surface area contributed by atoms with E-state index in [0.717, 1.165) is 6.20 Å². The Morgan fingerprint density at radius 2 is 2.06 bits per heavy atom. The highest BCUT2D eigenvalue weighted by molar-refractivity contribution is 5.69. The van der Waals surface area contributed by atoms with E-state index in [-0.39, 0.29) is 5.69 Å². The molecule has 0 bridgehead atoms. The molecule has 2 rings (SSSR count). The molecule has 1 heterocycles. The molecule has 0 saturated carbocycles. The van der Waals surface area contributed by atoms with Gasteiger partial charge in [-0.2, -0.15) is 10.4 Å². The van der Waals surface area contributed by atoms with Crippen LogP contribution in [0.5, 0.6) is 0 Å². The molecule has 0 saturated heterocycles. The Kier molecular flexibility index (Phi) is 2.36. The number of hydrogen-bond donors (Lipinski definition) is 1. The summed E-state index contributed by atoms with van der Waals surface area (Å²) in [6.45, 7) is 0. The lowest BCUT2D eigenvalue weighted by molar-refractivity contribution is -0.384. The predicted octanol–water partition coefficient (Wildman–Crippen LogP) is 1.86. The molecule has 6 nitrogen and oxygen atoms in total. The Balaban J connectivity index is 2.47. The molecule has 0 amide bonds. The molecule has 78 valence electrons. The van der Waals surface area contributed by atoms with Gasteiger partial charge in [0.1, 0.15) is 11.9 Å². The Labute approximate surface area is 90.3 Å². The predicted molar refractivity (Wildman–Crippen MR) is 55.4 cm³/mol. The van der Waals surface area contributed by atoms with Gasteiger partial charge in [-0.1, -0.05) is 12.1 Å². The van der Waals surface area contributed by atoms with Gasteiger partial charge in [-0.15, -0.1) is 0 Å². The maximum Gasteiger partial charge on any atom is 0.314 e. The molecule has 1 N–H and O–H groups in total. The van der Waals surface area contributed by atoms with Crippen LogP contribution in [0, 0.1) is 21.4 Å². The van der Waals surface area contributed by atoms with Crippen LogP contribution < -0.4 is 0 Å². The Hall–Kier alpha value is -2.68. The molecule has 0 atom stereocenters. The lowest BCUT2D eigenvalue weighted by atomic mass is 10.1. The Morgan fingerprint density at radius 3 is 2.62 bits per heavy atom. The zero-order chi connectivity index (χ0) is 11.5. The third-order valence-corrected chi connectivity index (χ3v) is 2.12. The summed E-state index contributed by atoms with van der Waals surface area (Å²) in [5.41, 5.74) is 1.40. The van der Waals surface area contributed by atoms with Gasteiger partial charge >= 0.3 is 5.69 Å². The van der Waals surface area contributed by atoms with E-state index in [1.165, 1.54) is 0 Å². The van der Waals surface area contributed by atoms with Crippen molar-refractivity contribution in [3.05, 3.63) is 46.1 Å². The average Bonchev–Trinajstić information content (AvgIpc) is 2.78. The lowest BCUT2D eigenvalue weighted by Gasteiger charge is -1.97. The SMILES string of the molecule is N#Cc1ccc(-c2[nH]ncc2[N+](=O)[O-])cc1. The van der Waals surface area contributed by atoms with E-state index in [2.05, 4.69) is 10.2 Å². The molecular formula is C10H6N4O2. The minimum Gasteiger partial charge on any atom is -0.271 e. The molecule has 2 aromatic rings. The van der Waals surface area contributed by atoms with E-state index in [9.17, 15) is 10.1 Å². The fourth-order valence-electron chi connectivity index (χ4n) is 1.34. The van der Waals surface area contributed by atoms with Crippen LogP contribution >= 0.6 is 0 Å². The molecule has 0 aliphatic rings. The van der Waals surface area contributed by atoms with Gasteiger partial charge in [0.15, 0.2) is 0 Å². The molecule has 0 unspecified atom stereocenters. The summed E-state index contributed by atoms with van der Waals surface area (Å²) in [7, 11) is 0. The van der Waals surface area contributed by atoms with Crippen LogP contribution in [0.1, 0.15) is 5.56 Å². The van der Waals surface area contributed by atoms with Gasteiger partial charge in [0.2, 0.25) is 0 Å². The van der Waals surface area contributed by atoms with Crippen molar-refractivity contribution >= 4 is 5.69 Å². The van der Waals surface area contributed by atoms with Crippen LogP contribution in [0.15, 0.2) is 30.5 Å². The Bertz CT molecular complexity index is 565. The van der Waals surface area contributed by atoms with E-state index in [4.69, 9.17) is 5.26 Å². The average molecular weight is 214 g/mol. The van der Waals surface area contributed by atoms with Crippen LogP contribution in [-0.2, 0) is 0 Å². The molecule has 0 fully saturated rings. The number of nitro groups is 1. The van der Waals surface area contributed by atoms with Crippen LogP contribution in [0.4, 0.5) is 5.69 Å². The van der Waals surface area contributed by atoms with Gasteiger partial charge in [-0.3, -0.25) is 15.2 Å². The molecule has 0 radical (unpaired) electrons. The summed E-state index contributed by atoms with van der Waals surface area (Å²) < 4.78 is 0. The van der Waals surface area contributed by atoms with Crippen LogP contribution in [0.3, 0.4) is 0 Å². The first kappa shape index (κ1) is 9.86. The molecule has 1 aromatic carbocycles. The summed E-state index contributed by atoms with van der Waals surface area (Å²) >= 11 is 0. The number of nitriles is 1. The largest absolute Gasteiger partial charge is 0.314 e. The maximum atomic E-state index is 10.7. The zero-order valence-corrected chi connectivity index (χ0v) is 8.04. The molecule has 0 aliphatic carbocycles. The van der Waals surface area contributed by atoms with Crippen molar-refractivity contribution in [2.24, 2.45) is 0 Å². The van der Waals surface area contributed by atoms with Crippen molar-refractivity contribution in [1.29, 1.82) is 5.26 Å². The third kappa shape index (κ3) is 1.62. The fraction of sp³-hybridized carbons (Fsp3) is 0. The van der Waals surface area contributed by atoms with Gasteiger partial charge in [0, 0.05) is 5.56 Å². The number of H-pyrrole nitrogens is 1. The number of aromatic amines is 1. The lowest BCUT2D eigenvalue weighted by Crippen LogP contribution is -1.89. The molecule has 16 heavy (non-hydrogen) atoms. The van der Waals surface area contributed by atoms with Gasteiger partial charge in [0.05, 0.1) is 16.6 Å². The third-order valence-electron chi connectivity index (χ3n) is 2.12. The zero-order valence-electron chi connectivity index (χ0n) is 8.04. The maximum absolute atomic E-state index is 10.7. The van der Waals surface area contributed by atoms with E-state index in [1.54, 1.807) is 24.3 Å². The molecule has 0 aliphatic heterocycles. The summed E-state index contributed by atoms with van der Waals surface area (Å²) in [6, 6.07) is 8.45. The van der Waals surface area contributed by atoms with Crippen LogP contribution in [0.25, 0.3) is 11.3 Å². The van der Waals surface area contributed by atoms with Gasteiger partial charge in [-0.05, 0) is 12.1 Å². The summed E-state index contributed by atoms with van der Waals surface area (Å²) in [5, 5.41) is 25.5. The molecule has 0 spiro atoms. The van der Waals surface area contributed by atoms with Crippen molar-refractivity contribution in [2.45, 2.75) is 0 Å². The fourth-order valence-corrected chi connectivity index (χ4v) is 1.34. The standard InChI is InChI=1S/C10H6N4O2/c11-5-7-1-3-8(4-2-7)10-9(14(15)16)6-12-13-10/h1-4,6H,(H,12,13). The van der Waals surface area contributed by atoms with Gasteiger partial charge in [-0.25, -0.2) is 0 Å². The van der Waals surface area contributed by atoms with E-state index in [0.29, 0.717) is 16.8 Å². The van der Waals surface area contributed by atoms with Crippen molar-refractivity contribution < 1.29 is 4.92 Å². The van der Waals surface area contributed by atoms with Crippen molar-refractivity contribution in [3.63, 3.8) is 0 Å². The second kappa shape index (κ2) is 3.82. The monoisotopic (exact) mass is 214 g/mol. The number of hydrogen-bond acceptors (Lipinski definition) is 4. The first-order valence-electron chi connectivity index (χ1n) is 4.40. The molecule has 6 heteroatoms. The van der Waals surface area contributed by atoms with Crippen molar-refractivity contribution in [3.8, 4) is 17.3 Å². The van der Waals surface area contributed by atoms with E-state index < -0.39 is 4.92 Å². The first-order valence-corrected chi connectivity index (χ1v) is 4.40. The summed E-state index contributed by atoms with van der Waals surface area (Å²) in [4.78, 5) is 10.2. The smallest absolute Gasteiger partial charge is 0.271 e. The highest BCUT2D eigenvalue weighted by Gasteiger charge is 2.17. The van der Waals surface area contributed by atoms with Gasteiger partial charge in [0.25, 0.3) is 0 Å². The molecule has 1 aromatic heterocycles. The minimum atomic E-state index is -0.503. The number of nitrogens with one attached hydrogen (secondary N) is 1. The first-order chi connectivity index (χ1) is 7.72. The normalized spacial score (nSPS) is 9.69. The Morgan fingerprint density at radius 1 is 1.38 bits per heavy atom. The van der Waals surface area contributed by atoms with Crippen LogP contribution in [0.2, 0.25) is 0 Å². The van der Waals surface area contributed by atoms with Crippen molar-refractivity contribution in [1.82, 2.24) is 10.2 Å². The number of nitrogens with zero attached hydrogens (tertiary/aromatic N) is 3. The highest BCUT2D eigenvalue weighted by atomic mass is 16.6. The summed E-state index contributed by atoms with van der Waals surface area (Å²) in [5.74, 6) is 0. The van der Waals surface area contributed by atoms with Crippen molar-refractivity contribution in [2.75, 3.05) is 0 Å². The van der Waals surface area contributed by atoms with E-state index >= 15 is 0 Å². The molecular weight excluding hydrogens is 208 g/mol. The van der Waals surface area contributed by atoms with Gasteiger partial charge < -0.3 is 0 Å². The number of benzene rings is 1. The van der Waals surface area contributed by atoms with Crippen LogP contribution in [-0.4, -0.2) is 15.1 Å². The quantitative estimate of drug-likeness (QED) is 0.609. The second-order valence-electron chi connectivity index (χ2n) is 3.08. The topological polar surface area (TPSA) is 95.6 Å². The second-order valence-corrected chi connectivity index (χ2v) is 3.08. The minimum absolute atomic E-state index is 0.0790.